The standard InChI is InChI=1S/C19H24N2O4S/c1-2-3-10-25-16-6-4-15(5-7-16)13-17-18(22)21(19(23)26-17)14-20-8-11-24-12-9-20/h4-7,13H,2-3,8-12,14H2,1H3/b17-13-. The van der Waals surface area contributed by atoms with Crippen LogP contribution in [0.15, 0.2) is 29.2 Å². The number of thioether (sulfide) groups is 1. The Morgan fingerprint density at radius 3 is 2.62 bits per heavy atom. The van der Waals surface area contributed by atoms with Gasteiger partial charge in [-0.3, -0.25) is 19.4 Å². The number of carbonyl (C=O) groups excluding carboxylic acids is 2. The molecule has 0 bridgehead atoms. The summed E-state index contributed by atoms with van der Waals surface area (Å²) in [5, 5.41) is -0.215. The highest BCUT2D eigenvalue weighted by atomic mass is 32.2. The van der Waals surface area contributed by atoms with Gasteiger partial charge in [0.05, 0.1) is 31.4 Å². The van der Waals surface area contributed by atoms with Crippen LogP contribution >= 0.6 is 11.8 Å². The molecule has 0 saturated carbocycles. The lowest BCUT2D eigenvalue weighted by Gasteiger charge is -2.29. The maximum atomic E-state index is 12.6. The first-order valence-electron chi connectivity index (χ1n) is 8.95. The number of amides is 2. The quantitative estimate of drug-likeness (QED) is 0.538. The van der Waals surface area contributed by atoms with Gasteiger partial charge in [-0.05, 0) is 42.0 Å². The summed E-state index contributed by atoms with van der Waals surface area (Å²) in [5.74, 6) is 0.589. The van der Waals surface area contributed by atoms with Crippen LogP contribution in [-0.2, 0) is 9.53 Å². The van der Waals surface area contributed by atoms with Gasteiger partial charge in [-0.1, -0.05) is 25.5 Å². The molecular formula is C19H24N2O4S. The molecule has 3 rings (SSSR count). The van der Waals surface area contributed by atoms with Crippen molar-refractivity contribution in [1.82, 2.24) is 9.80 Å². The van der Waals surface area contributed by atoms with Crippen molar-refractivity contribution in [2.24, 2.45) is 0 Å². The topological polar surface area (TPSA) is 59.1 Å². The van der Waals surface area contributed by atoms with E-state index in [9.17, 15) is 9.59 Å². The third-order valence-corrected chi connectivity index (χ3v) is 5.17. The Morgan fingerprint density at radius 1 is 1.19 bits per heavy atom. The van der Waals surface area contributed by atoms with Crippen LogP contribution in [0.2, 0.25) is 0 Å². The Balaban J connectivity index is 1.61. The van der Waals surface area contributed by atoms with Crippen LogP contribution in [0.5, 0.6) is 5.75 Å². The largest absolute Gasteiger partial charge is 0.494 e. The molecule has 0 spiro atoms. The number of hydrogen-bond acceptors (Lipinski definition) is 6. The lowest BCUT2D eigenvalue weighted by Crippen LogP contribution is -2.45. The first-order chi connectivity index (χ1) is 12.7. The van der Waals surface area contributed by atoms with Crippen LogP contribution in [0.3, 0.4) is 0 Å². The monoisotopic (exact) mass is 376 g/mol. The molecule has 2 heterocycles. The molecule has 7 heteroatoms. The fourth-order valence-corrected chi connectivity index (χ4v) is 3.54. The predicted molar refractivity (Wildman–Crippen MR) is 102 cm³/mol. The molecule has 140 valence electrons. The minimum Gasteiger partial charge on any atom is -0.494 e. The SMILES string of the molecule is CCCCOc1ccc(/C=C2\SC(=O)N(CN3CCOCC3)C2=O)cc1. The van der Waals surface area contributed by atoms with Crippen LogP contribution in [0.25, 0.3) is 6.08 Å². The molecule has 1 aromatic rings. The number of hydrogen-bond donors (Lipinski definition) is 0. The number of ether oxygens (including phenoxy) is 2. The molecule has 2 fully saturated rings. The zero-order chi connectivity index (χ0) is 18.4. The molecular weight excluding hydrogens is 352 g/mol. The van der Waals surface area contributed by atoms with E-state index < -0.39 is 0 Å². The van der Waals surface area contributed by atoms with Crippen molar-refractivity contribution in [3.05, 3.63) is 34.7 Å². The van der Waals surface area contributed by atoms with Gasteiger partial charge in [-0.15, -0.1) is 0 Å². The second-order valence-electron chi connectivity index (χ2n) is 6.25. The van der Waals surface area contributed by atoms with E-state index in [-0.39, 0.29) is 11.1 Å². The van der Waals surface area contributed by atoms with Gasteiger partial charge in [0.2, 0.25) is 0 Å². The minimum absolute atomic E-state index is 0.215. The highest BCUT2D eigenvalue weighted by Gasteiger charge is 2.36. The van der Waals surface area contributed by atoms with Crippen molar-refractivity contribution in [1.29, 1.82) is 0 Å². The van der Waals surface area contributed by atoms with Crippen LogP contribution in [0.1, 0.15) is 25.3 Å². The van der Waals surface area contributed by atoms with Gasteiger partial charge >= 0.3 is 0 Å². The fourth-order valence-electron chi connectivity index (χ4n) is 2.71. The van der Waals surface area contributed by atoms with Gasteiger partial charge in [0.15, 0.2) is 0 Å². The summed E-state index contributed by atoms with van der Waals surface area (Å²) in [6.45, 7) is 5.91. The average Bonchev–Trinajstić information content (AvgIpc) is 2.92. The van der Waals surface area contributed by atoms with Crippen molar-refractivity contribution in [2.75, 3.05) is 39.6 Å². The molecule has 0 aliphatic carbocycles. The normalized spacial score (nSPS) is 20.2. The third kappa shape index (κ3) is 4.87. The van der Waals surface area contributed by atoms with Gasteiger partial charge < -0.3 is 9.47 Å². The Bertz CT molecular complexity index is 669. The van der Waals surface area contributed by atoms with Crippen LogP contribution in [0.4, 0.5) is 4.79 Å². The van der Waals surface area contributed by atoms with E-state index in [1.165, 1.54) is 4.90 Å². The molecule has 2 aliphatic rings. The molecule has 0 unspecified atom stereocenters. The highest BCUT2D eigenvalue weighted by molar-refractivity contribution is 8.18. The average molecular weight is 376 g/mol. The number of nitrogens with zero attached hydrogens (tertiary/aromatic N) is 2. The smallest absolute Gasteiger partial charge is 0.294 e. The highest BCUT2D eigenvalue weighted by Crippen LogP contribution is 2.32. The summed E-state index contributed by atoms with van der Waals surface area (Å²) in [6.07, 6.45) is 3.89. The van der Waals surface area contributed by atoms with Crippen LogP contribution in [0, 0.1) is 0 Å². The van der Waals surface area contributed by atoms with E-state index in [1.807, 2.05) is 24.3 Å². The lowest BCUT2D eigenvalue weighted by atomic mass is 10.2. The second kappa shape index (κ2) is 9.21. The molecule has 0 aromatic heterocycles. The van der Waals surface area contributed by atoms with Crippen molar-refractivity contribution >= 4 is 29.0 Å². The molecule has 0 radical (unpaired) electrons. The lowest BCUT2D eigenvalue weighted by molar-refractivity contribution is -0.125. The summed E-state index contributed by atoms with van der Waals surface area (Å²) in [4.78, 5) is 28.6. The van der Waals surface area contributed by atoms with Crippen molar-refractivity contribution in [3.8, 4) is 5.75 Å². The van der Waals surface area contributed by atoms with Crippen molar-refractivity contribution < 1.29 is 19.1 Å². The molecule has 6 nitrogen and oxygen atoms in total. The van der Waals surface area contributed by atoms with E-state index in [0.717, 1.165) is 49.0 Å². The number of rotatable bonds is 7. The molecule has 2 amide bonds. The van der Waals surface area contributed by atoms with E-state index in [1.54, 1.807) is 6.08 Å². The predicted octanol–water partition coefficient (Wildman–Crippen LogP) is 3.19. The fraction of sp³-hybridized carbons (Fsp3) is 0.474. The summed E-state index contributed by atoms with van der Waals surface area (Å²) < 4.78 is 10.9. The Morgan fingerprint density at radius 2 is 1.92 bits per heavy atom. The molecule has 26 heavy (non-hydrogen) atoms. The number of carbonyl (C=O) groups is 2. The molecule has 2 aliphatic heterocycles. The summed E-state index contributed by atoms with van der Waals surface area (Å²) in [6, 6.07) is 7.58. The van der Waals surface area contributed by atoms with E-state index in [2.05, 4.69) is 11.8 Å². The molecule has 0 atom stereocenters. The van der Waals surface area contributed by atoms with Crippen LogP contribution < -0.4 is 4.74 Å². The summed E-state index contributed by atoms with van der Waals surface area (Å²) in [5.41, 5.74) is 0.879. The molecule has 2 saturated heterocycles. The van der Waals surface area contributed by atoms with Gasteiger partial charge in [0.1, 0.15) is 5.75 Å². The van der Waals surface area contributed by atoms with E-state index >= 15 is 0 Å². The Hall–Kier alpha value is -1.83. The number of unbranched alkanes of at least 4 members (excludes halogenated alkanes) is 1. The van der Waals surface area contributed by atoms with Gasteiger partial charge in [0.25, 0.3) is 11.1 Å². The zero-order valence-corrected chi connectivity index (χ0v) is 15.8. The number of morpholine rings is 1. The van der Waals surface area contributed by atoms with E-state index in [0.29, 0.717) is 31.4 Å². The summed E-state index contributed by atoms with van der Waals surface area (Å²) >= 11 is 0.996. The second-order valence-corrected chi connectivity index (χ2v) is 7.25. The third-order valence-electron chi connectivity index (χ3n) is 4.26. The van der Waals surface area contributed by atoms with Crippen molar-refractivity contribution in [3.63, 3.8) is 0 Å². The minimum atomic E-state index is -0.227. The van der Waals surface area contributed by atoms with E-state index in [4.69, 9.17) is 9.47 Å². The van der Waals surface area contributed by atoms with Crippen molar-refractivity contribution in [2.45, 2.75) is 19.8 Å². The maximum Gasteiger partial charge on any atom is 0.294 e. The Labute approximate surface area is 158 Å². The molecule has 1 aromatic carbocycles. The van der Waals surface area contributed by atoms with Gasteiger partial charge in [-0.25, -0.2) is 0 Å². The number of benzene rings is 1. The maximum absolute atomic E-state index is 12.6. The van der Waals surface area contributed by atoms with Crippen LogP contribution in [-0.4, -0.2) is 60.5 Å². The number of imide groups is 1. The molecule has 0 N–H and O–H groups in total. The van der Waals surface area contributed by atoms with Gasteiger partial charge in [0, 0.05) is 13.1 Å². The first kappa shape index (κ1) is 18.9. The summed E-state index contributed by atoms with van der Waals surface area (Å²) in [7, 11) is 0. The Kier molecular flexibility index (Phi) is 6.71. The zero-order valence-electron chi connectivity index (χ0n) is 15.0. The van der Waals surface area contributed by atoms with Gasteiger partial charge in [-0.2, -0.15) is 0 Å². The first-order valence-corrected chi connectivity index (χ1v) is 9.77.